The van der Waals surface area contributed by atoms with Gasteiger partial charge in [0.1, 0.15) is 11.6 Å². The summed E-state index contributed by atoms with van der Waals surface area (Å²) < 4.78 is 13.2. The molecule has 1 amide bonds. The number of hydrogen-bond donors (Lipinski definition) is 1. The Labute approximate surface area is 169 Å². The second-order valence-electron chi connectivity index (χ2n) is 8.12. The molecule has 0 saturated carbocycles. The van der Waals surface area contributed by atoms with E-state index in [-0.39, 0.29) is 17.6 Å². The highest BCUT2D eigenvalue weighted by molar-refractivity contribution is 5.94. The summed E-state index contributed by atoms with van der Waals surface area (Å²) in [6.07, 6.45) is 4.47. The highest BCUT2D eigenvalue weighted by atomic mass is 19.1. The molecule has 1 atom stereocenters. The van der Waals surface area contributed by atoms with Crippen molar-refractivity contribution in [2.24, 2.45) is 0 Å². The lowest BCUT2D eigenvalue weighted by molar-refractivity contribution is 0.0706. The first-order chi connectivity index (χ1) is 14.2. The summed E-state index contributed by atoms with van der Waals surface area (Å²) in [7, 11) is 0. The zero-order valence-electron chi connectivity index (χ0n) is 16.4. The summed E-state index contributed by atoms with van der Waals surface area (Å²) >= 11 is 0. The van der Waals surface area contributed by atoms with Crippen LogP contribution < -0.4 is 4.90 Å². The highest BCUT2D eigenvalue weighted by Gasteiger charge is 2.27. The zero-order valence-corrected chi connectivity index (χ0v) is 16.4. The van der Waals surface area contributed by atoms with Gasteiger partial charge in [0.15, 0.2) is 0 Å². The van der Waals surface area contributed by atoms with E-state index in [2.05, 4.69) is 28.1 Å². The summed E-state index contributed by atoms with van der Waals surface area (Å²) in [6, 6.07) is 12.2. The number of piperidine rings is 1. The normalized spacial score (nSPS) is 19.8. The monoisotopic (exact) mass is 392 g/mol. The van der Waals surface area contributed by atoms with Crippen molar-refractivity contribution in [3.05, 3.63) is 59.5 Å². The number of H-pyrrole nitrogens is 1. The third-order valence-corrected chi connectivity index (χ3v) is 6.15. The fourth-order valence-electron chi connectivity index (χ4n) is 4.55. The third-order valence-electron chi connectivity index (χ3n) is 6.15. The minimum absolute atomic E-state index is 0.0275. The predicted molar refractivity (Wildman–Crippen MR) is 112 cm³/mol. The van der Waals surface area contributed by atoms with Crippen molar-refractivity contribution in [1.29, 1.82) is 0 Å². The molecular weight excluding hydrogens is 367 g/mol. The lowest BCUT2D eigenvalue weighted by Gasteiger charge is -2.32. The van der Waals surface area contributed by atoms with E-state index in [0.717, 1.165) is 55.0 Å². The van der Waals surface area contributed by atoms with Crippen molar-refractivity contribution in [3.63, 3.8) is 0 Å². The van der Waals surface area contributed by atoms with E-state index in [9.17, 15) is 9.18 Å². The summed E-state index contributed by atoms with van der Waals surface area (Å²) in [5.41, 5.74) is 3.72. The van der Waals surface area contributed by atoms with Gasteiger partial charge in [0, 0.05) is 43.4 Å². The van der Waals surface area contributed by atoms with Gasteiger partial charge in [-0.3, -0.25) is 4.79 Å². The van der Waals surface area contributed by atoms with Crippen LogP contribution in [0.15, 0.2) is 42.5 Å². The molecule has 2 aliphatic rings. The summed E-state index contributed by atoms with van der Waals surface area (Å²) in [6.45, 7) is 3.57. The first kappa shape index (κ1) is 18.2. The van der Waals surface area contributed by atoms with Gasteiger partial charge in [-0.15, -0.1) is 0 Å². The van der Waals surface area contributed by atoms with Crippen LogP contribution in [-0.2, 0) is 0 Å². The van der Waals surface area contributed by atoms with Crippen molar-refractivity contribution in [2.45, 2.75) is 31.6 Å². The second-order valence-corrected chi connectivity index (χ2v) is 8.12. The number of hydrogen-bond acceptors (Lipinski definition) is 3. The van der Waals surface area contributed by atoms with E-state index in [1.807, 2.05) is 4.90 Å². The number of aromatic amines is 1. The summed E-state index contributed by atoms with van der Waals surface area (Å²) in [4.78, 5) is 25.4. The van der Waals surface area contributed by atoms with Crippen LogP contribution in [0, 0.1) is 5.82 Å². The number of rotatable bonds is 3. The molecule has 3 aromatic rings. The van der Waals surface area contributed by atoms with Crippen molar-refractivity contribution in [2.75, 3.05) is 31.1 Å². The smallest absolute Gasteiger partial charge is 0.253 e. The molecule has 1 unspecified atom stereocenters. The van der Waals surface area contributed by atoms with E-state index in [0.29, 0.717) is 12.1 Å². The number of amides is 1. The van der Waals surface area contributed by atoms with Gasteiger partial charge in [-0.1, -0.05) is 0 Å². The average Bonchev–Trinajstić information content (AvgIpc) is 3.43. The van der Waals surface area contributed by atoms with Crippen LogP contribution in [0.25, 0.3) is 11.0 Å². The SMILES string of the molecule is O=C(c1ccc(F)cc1)N1CCCC(c2cc3nc(N4CCCC4)ccc3[nH]2)C1. The van der Waals surface area contributed by atoms with E-state index in [1.54, 1.807) is 12.1 Å². The Morgan fingerprint density at radius 3 is 2.62 bits per heavy atom. The lowest BCUT2D eigenvalue weighted by atomic mass is 9.94. The number of benzene rings is 1. The molecule has 1 aromatic carbocycles. The van der Waals surface area contributed by atoms with Crippen LogP contribution in [-0.4, -0.2) is 47.0 Å². The number of carbonyl (C=O) groups excluding carboxylic acids is 1. The number of pyridine rings is 1. The lowest BCUT2D eigenvalue weighted by Crippen LogP contribution is -2.39. The van der Waals surface area contributed by atoms with E-state index < -0.39 is 0 Å². The average molecular weight is 392 g/mol. The second kappa shape index (κ2) is 7.50. The molecule has 29 heavy (non-hydrogen) atoms. The topological polar surface area (TPSA) is 52.2 Å². The summed E-state index contributed by atoms with van der Waals surface area (Å²) in [5, 5.41) is 0. The van der Waals surface area contributed by atoms with Crippen LogP contribution in [0.2, 0.25) is 0 Å². The van der Waals surface area contributed by atoms with Crippen LogP contribution in [0.1, 0.15) is 47.7 Å². The molecule has 4 heterocycles. The first-order valence-electron chi connectivity index (χ1n) is 10.5. The minimum Gasteiger partial charge on any atom is -0.357 e. The van der Waals surface area contributed by atoms with E-state index in [1.165, 1.54) is 25.0 Å². The third kappa shape index (κ3) is 3.59. The van der Waals surface area contributed by atoms with Crippen LogP contribution >= 0.6 is 0 Å². The molecule has 5 rings (SSSR count). The molecular formula is C23H25FN4O. The number of carbonyl (C=O) groups is 1. The minimum atomic E-state index is -0.322. The Morgan fingerprint density at radius 2 is 1.83 bits per heavy atom. The number of nitrogens with zero attached hydrogens (tertiary/aromatic N) is 3. The molecule has 0 bridgehead atoms. The Morgan fingerprint density at radius 1 is 1.03 bits per heavy atom. The van der Waals surface area contributed by atoms with Gasteiger partial charge in [0.2, 0.25) is 0 Å². The van der Waals surface area contributed by atoms with E-state index in [4.69, 9.17) is 4.98 Å². The molecule has 0 aliphatic carbocycles. The van der Waals surface area contributed by atoms with Gasteiger partial charge in [-0.05, 0) is 68.1 Å². The van der Waals surface area contributed by atoms with Crippen LogP contribution in [0.5, 0.6) is 0 Å². The molecule has 1 N–H and O–H groups in total. The molecule has 2 aliphatic heterocycles. The quantitative estimate of drug-likeness (QED) is 0.722. The maximum absolute atomic E-state index is 13.2. The van der Waals surface area contributed by atoms with E-state index >= 15 is 0 Å². The Balaban J connectivity index is 1.35. The number of likely N-dealkylation sites (tertiary alicyclic amines) is 1. The molecule has 0 spiro atoms. The molecule has 6 heteroatoms. The van der Waals surface area contributed by atoms with Crippen LogP contribution in [0.4, 0.5) is 10.2 Å². The van der Waals surface area contributed by atoms with Gasteiger partial charge < -0.3 is 14.8 Å². The highest BCUT2D eigenvalue weighted by Crippen LogP contribution is 2.30. The van der Waals surface area contributed by atoms with Gasteiger partial charge in [-0.25, -0.2) is 9.37 Å². The standard InChI is InChI=1S/C23H25FN4O/c24-18-7-5-16(6-8-18)23(29)28-13-3-4-17(15-28)20-14-21-19(25-20)9-10-22(26-21)27-11-1-2-12-27/h5-10,14,17,25H,1-4,11-13,15H2. The fraction of sp³-hybridized carbons (Fsp3) is 0.391. The maximum atomic E-state index is 13.2. The predicted octanol–water partition coefficient (Wildman–Crippen LogP) is 4.32. The zero-order chi connectivity index (χ0) is 19.8. The van der Waals surface area contributed by atoms with Gasteiger partial charge >= 0.3 is 0 Å². The largest absolute Gasteiger partial charge is 0.357 e. The maximum Gasteiger partial charge on any atom is 0.253 e. The van der Waals surface area contributed by atoms with Gasteiger partial charge in [0.05, 0.1) is 11.0 Å². The number of nitrogens with one attached hydrogen (secondary N) is 1. The molecule has 2 saturated heterocycles. The Kier molecular flexibility index (Phi) is 4.70. The van der Waals surface area contributed by atoms with Crippen molar-refractivity contribution in [1.82, 2.24) is 14.9 Å². The van der Waals surface area contributed by atoms with Gasteiger partial charge in [-0.2, -0.15) is 0 Å². The van der Waals surface area contributed by atoms with Gasteiger partial charge in [0.25, 0.3) is 5.91 Å². The molecule has 2 fully saturated rings. The Bertz CT molecular complexity index is 1020. The van der Waals surface area contributed by atoms with Crippen molar-refractivity contribution < 1.29 is 9.18 Å². The summed E-state index contributed by atoms with van der Waals surface area (Å²) in [5.74, 6) is 0.965. The number of anilines is 1. The molecule has 150 valence electrons. The first-order valence-corrected chi connectivity index (χ1v) is 10.5. The van der Waals surface area contributed by atoms with Crippen molar-refractivity contribution >= 4 is 22.8 Å². The Hall–Kier alpha value is -2.89. The number of fused-ring (bicyclic) bond motifs is 1. The van der Waals surface area contributed by atoms with Crippen molar-refractivity contribution in [3.8, 4) is 0 Å². The fourth-order valence-corrected chi connectivity index (χ4v) is 4.55. The number of halogens is 1. The molecule has 5 nitrogen and oxygen atoms in total. The van der Waals surface area contributed by atoms with Crippen LogP contribution in [0.3, 0.4) is 0 Å². The molecule has 0 radical (unpaired) electrons. The number of aromatic nitrogens is 2. The molecule has 2 aromatic heterocycles.